The van der Waals surface area contributed by atoms with Crippen LogP contribution in [0.5, 0.6) is 0 Å². The Bertz CT molecular complexity index is 736. The molecule has 3 heterocycles. The minimum Gasteiger partial charge on any atom is -0.338 e. The van der Waals surface area contributed by atoms with Gasteiger partial charge in [-0.2, -0.15) is 0 Å². The Morgan fingerprint density at radius 2 is 2.00 bits per heavy atom. The number of amides is 1. The number of fused-ring (bicyclic) bond motifs is 1. The molecule has 1 aromatic heterocycles. The van der Waals surface area contributed by atoms with Crippen LogP contribution in [0.2, 0.25) is 0 Å². The maximum Gasteiger partial charge on any atom is 0.227 e. The topological polar surface area (TPSA) is 36.4 Å². The lowest BCUT2D eigenvalue weighted by Crippen LogP contribution is -2.32. The Morgan fingerprint density at radius 3 is 2.75 bits per heavy atom. The van der Waals surface area contributed by atoms with Crippen LogP contribution < -0.4 is 0 Å². The van der Waals surface area contributed by atoms with Crippen molar-refractivity contribution in [2.45, 2.75) is 13.1 Å². The van der Waals surface area contributed by atoms with Crippen molar-refractivity contribution in [3.05, 3.63) is 65.7 Å². The molecule has 0 bridgehead atoms. The number of benzene rings is 1. The lowest BCUT2D eigenvalue weighted by atomic mass is 10.0. The Hall–Kier alpha value is -2.27. The number of hydrogen-bond donors (Lipinski definition) is 0. The van der Waals surface area contributed by atoms with Crippen molar-refractivity contribution in [1.82, 2.24) is 14.8 Å². The van der Waals surface area contributed by atoms with E-state index in [2.05, 4.69) is 9.88 Å². The first kappa shape index (κ1) is 15.3. The van der Waals surface area contributed by atoms with Crippen LogP contribution in [0.25, 0.3) is 0 Å². The Labute approximate surface area is 140 Å². The van der Waals surface area contributed by atoms with Gasteiger partial charge in [-0.25, -0.2) is 4.39 Å². The summed E-state index contributed by atoms with van der Waals surface area (Å²) < 4.78 is 13.3. The van der Waals surface area contributed by atoms with E-state index in [1.807, 2.05) is 29.2 Å². The molecule has 0 radical (unpaired) electrons. The highest BCUT2D eigenvalue weighted by molar-refractivity contribution is 5.82. The normalized spacial score (nSPS) is 23.7. The minimum atomic E-state index is -0.249. The molecule has 0 spiro atoms. The predicted molar refractivity (Wildman–Crippen MR) is 88.3 cm³/mol. The molecular formula is C19H20FN3O. The molecule has 0 aliphatic carbocycles. The van der Waals surface area contributed by atoms with Crippen molar-refractivity contribution in [2.75, 3.05) is 19.6 Å². The van der Waals surface area contributed by atoms with Gasteiger partial charge in [0.25, 0.3) is 0 Å². The van der Waals surface area contributed by atoms with Crippen LogP contribution >= 0.6 is 0 Å². The second-order valence-electron chi connectivity index (χ2n) is 6.73. The van der Waals surface area contributed by atoms with E-state index < -0.39 is 0 Å². The van der Waals surface area contributed by atoms with E-state index in [4.69, 9.17) is 0 Å². The molecule has 5 heteroatoms. The highest BCUT2D eigenvalue weighted by Crippen LogP contribution is 2.33. The van der Waals surface area contributed by atoms with Gasteiger partial charge in [-0.05, 0) is 29.8 Å². The number of likely N-dealkylation sites (tertiary alicyclic amines) is 2. The number of pyridine rings is 1. The van der Waals surface area contributed by atoms with Crippen LogP contribution in [0.3, 0.4) is 0 Å². The molecule has 2 aliphatic rings. The van der Waals surface area contributed by atoms with E-state index in [9.17, 15) is 9.18 Å². The second kappa shape index (κ2) is 6.32. The summed E-state index contributed by atoms with van der Waals surface area (Å²) in [6.45, 7) is 3.78. The molecule has 2 fully saturated rings. The van der Waals surface area contributed by atoms with Crippen molar-refractivity contribution in [3.63, 3.8) is 0 Å². The summed E-state index contributed by atoms with van der Waals surface area (Å²) in [4.78, 5) is 21.2. The maximum atomic E-state index is 13.3. The van der Waals surface area contributed by atoms with Gasteiger partial charge >= 0.3 is 0 Å². The van der Waals surface area contributed by atoms with E-state index in [0.717, 1.165) is 37.4 Å². The van der Waals surface area contributed by atoms with Crippen LogP contribution in [0.15, 0.2) is 48.7 Å². The SMILES string of the molecule is O=C1[C@@H]2CN(Cc3ccccn3)C[C@@H]2CN1Cc1cccc(F)c1. The molecule has 2 saturated heterocycles. The Balaban J connectivity index is 1.38. The summed E-state index contributed by atoms with van der Waals surface area (Å²) in [6, 6.07) is 12.4. The van der Waals surface area contributed by atoms with Crippen LogP contribution in [0, 0.1) is 17.7 Å². The molecule has 4 nitrogen and oxygen atoms in total. The van der Waals surface area contributed by atoms with Gasteiger partial charge < -0.3 is 4.90 Å². The molecule has 124 valence electrons. The first-order valence-corrected chi connectivity index (χ1v) is 8.34. The average Bonchev–Trinajstić information content (AvgIpc) is 3.08. The third-order valence-electron chi connectivity index (χ3n) is 4.97. The number of nitrogens with zero attached hydrogens (tertiary/aromatic N) is 3. The zero-order valence-corrected chi connectivity index (χ0v) is 13.4. The summed E-state index contributed by atoms with van der Waals surface area (Å²) >= 11 is 0. The minimum absolute atomic E-state index is 0.0715. The van der Waals surface area contributed by atoms with Gasteiger partial charge in [0.2, 0.25) is 5.91 Å². The van der Waals surface area contributed by atoms with Crippen molar-refractivity contribution < 1.29 is 9.18 Å². The monoisotopic (exact) mass is 325 g/mol. The molecule has 0 N–H and O–H groups in total. The van der Waals surface area contributed by atoms with Crippen molar-refractivity contribution in [3.8, 4) is 0 Å². The fourth-order valence-corrected chi connectivity index (χ4v) is 3.88. The molecule has 1 amide bonds. The first-order valence-electron chi connectivity index (χ1n) is 8.34. The number of halogens is 1. The third-order valence-corrected chi connectivity index (χ3v) is 4.97. The van der Waals surface area contributed by atoms with Gasteiger partial charge in [-0.3, -0.25) is 14.7 Å². The Kier molecular flexibility index (Phi) is 4.02. The average molecular weight is 325 g/mol. The maximum absolute atomic E-state index is 13.3. The predicted octanol–water partition coefficient (Wildman–Crippen LogP) is 2.31. The van der Waals surface area contributed by atoms with Gasteiger partial charge in [-0.15, -0.1) is 0 Å². The van der Waals surface area contributed by atoms with Gasteiger partial charge in [0.1, 0.15) is 5.82 Å². The quantitative estimate of drug-likeness (QED) is 0.865. The molecular weight excluding hydrogens is 305 g/mol. The lowest BCUT2D eigenvalue weighted by Gasteiger charge is -2.21. The van der Waals surface area contributed by atoms with E-state index >= 15 is 0 Å². The van der Waals surface area contributed by atoms with Crippen molar-refractivity contribution in [2.24, 2.45) is 11.8 Å². The van der Waals surface area contributed by atoms with Gasteiger partial charge in [0, 0.05) is 44.8 Å². The number of rotatable bonds is 4. The zero-order valence-electron chi connectivity index (χ0n) is 13.4. The first-order chi connectivity index (χ1) is 11.7. The Morgan fingerprint density at radius 1 is 1.08 bits per heavy atom. The fraction of sp³-hybridized carbons (Fsp3) is 0.368. The molecule has 1 aromatic carbocycles. The summed E-state index contributed by atoms with van der Waals surface area (Å²) in [5, 5.41) is 0. The summed E-state index contributed by atoms with van der Waals surface area (Å²) in [6.07, 6.45) is 1.80. The standard InChI is InChI=1S/C19H20FN3O/c20-16-5-3-4-14(8-16)9-23-11-15-10-22(13-18(15)19(23)24)12-17-6-1-2-7-21-17/h1-8,15,18H,9-13H2/t15-,18-/m1/s1. The molecule has 2 aliphatic heterocycles. The van der Waals surface area contributed by atoms with Crippen LogP contribution in [-0.2, 0) is 17.9 Å². The van der Waals surface area contributed by atoms with E-state index in [0.29, 0.717) is 12.5 Å². The highest BCUT2D eigenvalue weighted by atomic mass is 19.1. The van der Waals surface area contributed by atoms with Crippen LogP contribution in [-0.4, -0.2) is 40.3 Å². The second-order valence-corrected chi connectivity index (χ2v) is 6.73. The number of carbonyl (C=O) groups excluding carboxylic acids is 1. The molecule has 0 saturated carbocycles. The summed E-state index contributed by atoms with van der Waals surface area (Å²) in [5.41, 5.74) is 1.90. The smallest absolute Gasteiger partial charge is 0.227 e. The molecule has 4 rings (SSSR count). The van der Waals surface area contributed by atoms with Crippen LogP contribution in [0.1, 0.15) is 11.3 Å². The molecule has 24 heavy (non-hydrogen) atoms. The third kappa shape index (κ3) is 3.04. The molecule has 2 atom stereocenters. The van der Waals surface area contributed by atoms with Crippen molar-refractivity contribution in [1.29, 1.82) is 0 Å². The van der Waals surface area contributed by atoms with E-state index in [1.165, 1.54) is 12.1 Å². The fourth-order valence-electron chi connectivity index (χ4n) is 3.88. The summed E-state index contributed by atoms with van der Waals surface area (Å²) in [5.74, 6) is 0.394. The summed E-state index contributed by atoms with van der Waals surface area (Å²) in [7, 11) is 0. The number of aromatic nitrogens is 1. The van der Waals surface area contributed by atoms with Gasteiger partial charge in [-0.1, -0.05) is 18.2 Å². The zero-order chi connectivity index (χ0) is 16.5. The van der Waals surface area contributed by atoms with E-state index in [-0.39, 0.29) is 17.6 Å². The number of carbonyl (C=O) groups is 1. The number of hydrogen-bond acceptors (Lipinski definition) is 3. The van der Waals surface area contributed by atoms with Gasteiger partial charge in [0.05, 0.1) is 11.6 Å². The van der Waals surface area contributed by atoms with Crippen LogP contribution in [0.4, 0.5) is 4.39 Å². The molecule has 0 unspecified atom stereocenters. The lowest BCUT2D eigenvalue weighted by molar-refractivity contribution is -0.131. The molecule has 2 aromatic rings. The van der Waals surface area contributed by atoms with Crippen molar-refractivity contribution >= 4 is 5.91 Å². The largest absolute Gasteiger partial charge is 0.338 e. The van der Waals surface area contributed by atoms with E-state index in [1.54, 1.807) is 12.3 Å². The highest BCUT2D eigenvalue weighted by Gasteiger charge is 2.45. The van der Waals surface area contributed by atoms with Gasteiger partial charge in [0.15, 0.2) is 0 Å².